The van der Waals surface area contributed by atoms with Gasteiger partial charge in [-0.25, -0.2) is 0 Å². The predicted molar refractivity (Wildman–Crippen MR) is 59.5 cm³/mol. The van der Waals surface area contributed by atoms with Crippen LogP contribution in [0, 0.1) is 0 Å². The minimum absolute atomic E-state index is 0.626. The van der Waals surface area contributed by atoms with Crippen molar-refractivity contribution in [3.05, 3.63) is 16.6 Å². The highest BCUT2D eigenvalue weighted by atomic mass is 32.1. The van der Waals surface area contributed by atoms with Crippen LogP contribution in [0.15, 0.2) is 11.7 Å². The smallest absolute Gasteiger partial charge is 0.0794 e. The minimum atomic E-state index is 0.626. The Balaban J connectivity index is 2.01. The highest BCUT2D eigenvalue weighted by Gasteiger charge is 2.24. The molecule has 0 spiro atoms. The van der Waals surface area contributed by atoms with E-state index in [-0.39, 0.29) is 0 Å². The lowest BCUT2D eigenvalue weighted by molar-refractivity contribution is 0.110. The maximum Gasteiger partial charge on any atom is 0.0794 e. The molecule has 1 fully saturated rings. The summed E-state index contributed by atoms with van der Waals surface area (Å²) in [7, 11) is 0. The molecule has 3 nitrogen and oxygen atoms in total. The molecule has 0 saturated carbocycles. The molecule has 2 rings (SSSR count). The van der Waals surface area contributed by atoms with E-state index >= 15 is 0 Å². The Labute approximate surface area is 89.1 Å². The van der Waals surface area contributed by atoms with Crippen LogP contribution < -0.4 is 5.32 Å². The zero-order chi connectivity index (χ0) is 9.97. The summed E-state index contributed by atoms with van der Waals surface area (Å²) in [6, 6.07) is 1.25. The molecule has 1 aliphatic rings. The largest absolute Gasteiger partial charge is 0.314 e. The van der Waals surface area contributed by atoms with Crippen molar-refractivity contribution >= 4 is 11.3 Å². The first-order valence-corrected chi connectivity index (χ1v) is 5.99. The summed E-state index contributed by atoms with van der Waals surface area (Å²) in [5, 5.41) is 3.44. The van der Waals surface area contributed by atoms with E-state index in [1.54, 1.807) is 11.3 Å². The third kappa shape index (κ3) is 2.13. The van der Waals surface area contributed by atoms with Gasteiger partial charge in [-0.2, -0.15) is 0 Å². The number of rotatable bonds is 2. The number of piperazine rings is 1. The van der Waals surface area contributed by atoms with Gasteiger partial charge < -0.3 is 5.32 Å². The summed E-state index contributed by atoms with van der Waals surface area (Å²) < 4.78 is 0. The van der Waals surface area contributed by atoms with Crippen LogP contribution in [0.4, 0.5) is 0 Å². The van der Waals surface area contributed by atoms with Crippen LogP contribution in [-0.4, -0.2) is 35.1 Å². The number of thiazole rings is 1. The Morgan fingerprint density at radius 1 is 1.50 bits per heavy atom. The van der Waals surface area contributed by atoms with Gasteiger partial charge in [0.1, 0.15) is 0 Å². The topological polar surface area (TPSA) is 28.2 Å². The summed E-state index contributed by atoms with van der Waals surface area (Å²) >= 11 is 1.75. The molecule has 1 saturated heterocycles. The molecule has 2 atom stereocenters. The fraction of sp³-hybridized carbons (Fsp3) is 0.700. The lowest BCUT2D eigenvalue weighted by atomic mass is 10.1. The first kappa shape index (κ1) is 10.1. The SMILES string of the molecule is C[C@@H]1CNC[C@H](C)N1Cc1cncs1. The van der Waals surface area contributed by atoms with E-state index in [1.165, 1.54) is 4.88 Å². The van der Waals surface area contributed by atoms with Crippen molar-refractivity contribution in [2.75, 3.05) is 13.1 Å². The molecule has 0 amide bonds. The number of nitrogens with one attached hydrogen (secondary N) is 1. The quantitative estimate of drug-likeness (QED) is 0.800. The fourth-order valence-electron chi connectivity index (χ4n) is 1.98. The minimum Gasteiger partial charge on any atom is -0.314 e. The molecule has 0 bridgehead atoms. The molecule has 1 N–H and O–H groups in total. The second kappa shape index (κ2) is 4.38. The molecular formula is C10H17N3S. The maximum absolute atomic E-state index is 4.11. The Morgan fingerprint density at radius 3 is 2.79 bits per heavy atom. The normalized spacial score (nSPS) is 29.3. The van der Waals surface area contributed by atoms with E-state index in [0.29, 0.717) is 12.1 Å². The van der Waals surface area contributed by atoms with Gasteiger partial charge in [0.25, 0.3) is 0 Å². The highest BCUT2D eigenvalue weighted by molar-refractivity contribution is 7.09. The van der Waals surface area contributed by atoms with Crippen molar-refractivity contribution in [2.24, 2.45) is 0 Å². The molecule has 0 aliphatic carbocycles. The van der Waals surface area contributed by atoms with Gasteiger partial charge in [0.2, 0.25) is 0 Å². The van der Waals surface area contributed by atoms with Crippen LogP contribution in [0.5, 0.6) is 0 Å². The maximum atomic E-state index is 4.11. The summed E-state index contributed by atoms with van der Waals surface area (Å²) in [5.41, 5.74) is 1.91. The van der Waals surface area contributed by atoms with Crippen molar-refractivity contribution < 1.29 is 0 Å². The second-order valence-corrected chi connectivity index (χ2v) is 4.97. The Bertz CT molecular complexity index is 263. The molecule has 1 aliphatic heterocycles. The van der Waals surface area contributed by atoms with E-state index < -0.39 is 0 Å². The van der Waals surface area contributed by atoms with Crippen LogP contribution in [0.2, 0.25) is 0 Å². The van der Waals surface area contributed by atoms with Gasteiger partial charge in [-0.3, -0.25) is 9.88 Å². The lowest BCUT2D eigenvalue weighted by Gasteiger charge is -2.39. The average molecular weight is 211 g/mol. The monoisotopic (exact) mass is 211 g/mol. The molecule has 0 unspecified atom stereocenters. The van der Waals surface area contributed by atoms with Crippen molar-refractivity contribution in [1.29, 1.82) is 0 Å². The third-order valence-corrected chi connectivity index (χ3v) is 3.60. The van der Waals surface area contributed by atoms with Crippen LogP contribution in [0.3, 0.4) is 0 Å². The van der Waals surface area contributed by atoms with Crippen LogP contribution in [0.25, 0.3) is 0 Å². The Hall–Kier alpha value is -0.450. The van der Waals surface area contributed by atoms with Crippen LogP contribution in [0.1, 0.15) is 18.7 Å². The summed E-state index contributed by atoms with van der Waals surface area (Å²) in [5.74, 6) is 0. The molecule has 0 radical (unpaired) electrons. The first-order valence-electron chi connectivity index (χ1n) is 5.11. The van der Waals surface area contributed by atoms with Gasteiger partial charge >= 0.3 is 0 Å². The molecule has 4 heteroatoms. The third-order valence-electron chi connectivity index (χ3n) is 2.83. The van der Waals surface area contributed by atoms with Crippen LogP contribution >= 0.6 is 11.3 Å². The molecule has 14 heavy (non-hydrogen) atoms. The van der Waals surface area contributed by atoms with Crippen molar-refractivity contribution in [1.82, 2.24) is 15.2 Å². The zero-order valence-corrected chi connectivity index (χ0v) is 9.55. The van der Waals surface area contributed by atoms with Crippen LogP contribution in [-0.2, 0) is 6.54 Å². The lowest BCUT2D eigenvalue weighted by Crippen LogP contribution is -2.54. The molecule has 1 aromatic rings. The fourth-order valence-corrected chi connectivity index (χ4v) is 2.58. The van der Waals surface area contributed by atoms with Gasteiger partial charge in [0, 0.05) is 42.8 Å². The van der Waals surface area contributed by atoms with E-state index in [1.807, 2.05) is 11.7 Å². The van der Waals surface area contributed by atoms with Gasteiger partial charge in [-0.1, -0.05) is 0 Å². The Morgan fingerprint density at radius 2 is 2.21 bits per heavy atom. The summed E-state index contributed by atoms with van der Waals surface area (Å²) in [6.45, 7) is 7.81. The summed E-state index contributed by atoms with van der Waals surface area (Å²) in [4.78, 5) is 8.03. The van der Waals surface area contributed by atoms with Crippen molar-refractivity contribution in [2.45, 2.75) is 32.5 Å². The second-order valence-electron chi connectivity index (χ2n) is 4.00. The van der Waals surface area contributed by atoms with Gasteiger partial charge in [-0.15, -0.1) is 11.3 Å². The van der Waals surface area contributed by atoms with Gasteiger partial charge in [-0.05, 0) is 13.8 Å². The number of hydrogen-bond acceptors (Lipinski definition) is 4. The van der Waals surface area contributed by atoms with Crippen molar-refractivity contribution in [3.8, 4) is 0 Å². The molecule has 1 aromatic heterocycles. The van der Waals surface area contributed by atoms with Gasteiger partial charge in [0.05, 0.1) is 5.51 Å². The van der Waals surface area contributed by atoms with E-state index in [0.717, 1.165) is 19.6 Å². The van der Waals surface area contributed by atoms with E-state index in [9.17, 15) is 0 Å². The zero-order valence-electron chi connectivity index (χ0n) is 8.73. The van der Waals surface area contributed by atoms with E-state index in [2.05, 4.69) is 29.0 Å². The number of nitrogens with zero attached hydrogens (tertiary/aromatic N) is 2. The van der Waals surface area contributed by atoms with E-state index in [4.69, 9.17) is 0 Å². The molecule has 0 aromatic carbocycles. The first-order chi connectivity index (χ1) is 6.77. The number of aromatic nitrogens is 1. The predicted octanol–water partition coefficient (Wildman–Crippen LogP) is 1.33. The summed E-state index contributed by atoms with van der Waals surface area (Å²) in [6.07, 6.45) is 1.98. The standard InChI is InChI=1S/C10H17N3S/c1-8-3-11-4-9(2)13(8)6-10-5-12-7-14-10/h5,7-9,11H,3-4,6H2,1-2H3/t8-,9+. The molecule has 78 valence electrons. The number of hydrogen-bond donors (Lipinski definition) is 1. The van der Waals surface area contributed by atoms with Crippen molar-refractivity contribution in [3.63, 3.8) is 0 Å². The van der Waals surface area contributed by atoms with Gasteiger partial charge in [0.15, 0.2) is 0 Å². The average Bonchev–Trinajstić information content (AvgIpc) is 2.64. The highest BCUT2D eigenvalue weighted by Crippen LogP contribution is 2.16. The molecule has 2 heterocycles. The molecular weight excluding hydrogens is 194 g/mol. The Kier molecular flexibility index (Phi) is 3.15.